The summed E-state index contributed by atoms with van der Waals surface area (Å²) in [7, 11) is 1.64. The number of carbonyl (C=O) groups is 1. The Morgan fingerprint density at radius 1 is 1.27 bits per heavy atom. The van der Waals surface area contributed by atoms with Crippen LogP contribution in [-0.4, -0.2) is 30.6 Å². The molecular formula is C20H26ClN3O2. The van der Waals surface area contributed by atoms with Crippen molar-refractivity contribution in [2.24, 2.45) is 5.92 Å². The average Bonchev–Trinajstić information content (AvgIpc) is 2.66. The third-order valence-electron chi connectivity index (χ3n) is 4.71. The lowest BCUT2D eigenvalue weighted by Gasteiger charge is -2.29. The Balaban J connectivity index is 0.00000243. The number of hydrogen-bond donors (Lipinski definition) is 2. The number of rotatable bonds is 5. The van der Waals surface area contributed by atoms with Crippen molar-refractivity contribution in [3.05, 3.63) is 59.9 Å². The topological polar surface area (TPSA) is 63.2 Å². The van der Waals surface area contributed by atoms with E-state index >= 15 is 0 Å². The lowest BCUT2D eigenvalue weighted by Crippen LogP contribution is -2.43. The Morgan fingerprint density at radius 2 is 2.04 bits per heavy atom. The zero-order chi connectivity index (χ0) is 17.6. The molecule has 2 N–H and O–H groups in total. The second-order valence-corrected chi connectivity index (χ2v) is 6.51. The first kappa shape index (κ1) is 20.2. The van der Waals surface area contributed by atoms with E-state index in [1.54, 1.807) is 13.3 Å². The number of nitrogens with zero attached hydrogens (tertiary/aromatic N) is 1. The highest BCUT2D eigenvalue weighted by Gasteiger charge is 2.28. The van der Waals surface area contributed by atoms with E-state index in [1.807, 2.05) is 42.5 Å². The molecule has 1 saturated heterocycles. The van der Waals surface area contributed by atoms with Crippen molar-refractivity contribution in [3.63, 3.8) is 0 Å². The third-order valence-corrected chi connectivity index (χ3v) is 4.71. The van der Waals surface area contributed by atoms with E-state index in [1.165, 1.54) is 0 Å². The van der Waals surface area contributed by atoms with Crippen LogP contribution < -0.4 is 15.4 Å². The number of hydrogen-bond acceptors (Lipinski definition) is 4. The van der Waals surface area contributed by atoms with E-state index in [0.29, 0.717) is 6.04 Å². The first-order chi connectivity index (χ1) is 12.2. The molecule has 0 radical (unpaired) electrons. The van der Waals surface area contributed by atoms with E-state index in [2.05, 4.69) is 22.5 Å². The Hall–Kier alpha value is -2.11. The van der Waals surface area contributed by atoms with Gasteiger partial charge in [0.15, 0.2) is 0 Å². The van der Waals surface area contributed by atoms with Crippen LogP contribution >= 0.6 is 12.4 Å². The number of ether oxygens (including phenoxy) is 1. The maximum absolute atomic E-state index is 12.9. The summed E-state index contributed by atoms with van der Waals surface area (Å²) >= 11 is 0. The highest BCUT2D eigenvalue weighted by Crippen LogP contribution is 2.29. The molecule has 0 aliphatic carbocycles. The first-order valence-corrected chi connectivity index (χ1v) is 8.76. The van der Waals surface area contributed by atoms with Crippen LogP contribution in [0.4, 0.5) is 0 Å². The summed E-state index contributed by atoms with van der Waals surface area (Å²) in [4.78, 5) is 17.4. The van der Waals surface area contributed by atoms with Crippen LogP contribution in [0.5, 0.6) is 5.75 Å². The quantitative estimate of drug-likeness (QED) is 0.842. The summed E-state index contributed by atoms with van der Waals surface area (Å²) < 4.78 is 5.50. The van der Waals surface area contributed by atoms with Gasteiger partial charge in [-0.05, 0) is 44.5 Å². The minimum Gasteiger partial charge on any atom is -0.496 e. The Morgan fingerprint density at radius 3 is 2.73 bits per heavy atom. The van der Waals surface area contributed by atoms with Crippen molar-refractivity contribution < 1.29 is 9.53 Å². The number of piperidine rings is 1. The molecule has 1 amide bonds. The van der Waals surface area contributed by atoms with Crippen molar-refractivity contribution >= 4 is 18.3 Å². The van der Waals surface area contributed by atoms with Gasteiger partial charge in [-0.15, -0.1) is 12.4 Å². The van der Waals surface area contributed by atoms with Crippen molar-refractivity contribution in [2.45, 2.75) is 31.8 Å². The van der Waals surface area contributed by atoms with Gasteiger partial charge in [0, 0.05) is 23.7 Å². The standard InChI is InChI=1S/C20H25N3O2.ClH/c1-14-13-15(10-12-21-14)20(24)23-19(17-8-5-6-11-22-17)16-7-3-4-9-18(16)25-2;/h3-9,11,14-15,19,21H,10,12-13H2,1-2H3,(H,23,24);1H/t14-,15-,19?;/m0./s1. The fourth-order valence-corrected chi connectivity index (χ4v) is 3.39. The summed E-state index contributed by atoms with van der Waals surface area (Å²) in [5.41, 5.74) is 1.72. The Labute approximate surface area is 161 Å². The largest absolute Gasteiger partial charge is 0.496 e. The summed E-state index contributed by atoms with van der Waals surface area (Å²) in [6.45, 7) is 3.00. The molecule has 1 unspecified atom stereocenters. The molecule has 1 aromatic carbocycles. The van der Waals surface area contributed by atoms with Crippen LogP contribution in [0.25, 0.3) is 0 Å². The molecule has 1 aliphatic rings. The van der Waals surface area contributed by atoms with Gasteiger partial charge < -0.3 is 15.4 Å². The van der Waals surface area contributed by atoms with Crippen LogP contribution in [-0.2, 0) is 4.79 Å². The maximum Gasteiger partial charge on any atom is 0.224 e. The fourth-order valence-electron chi connectivity index (χ4n) is 3.39. The van der Waals surface area contributed by atoms with Crippen LogP contribution in [0, 0.1) is 5.92 Å². The molecule has 2 heterocycles. The second-order valence-electron chi connectivity index (χ2n) is 6.51. The van der Waals surface area contributed by atoms with Crippen LogP contribution in [0.15, 0.2) is 48.7 Å². The van der Waals surface area contributed by atoms with Gasteiger partial charge in [-0.25, -0.2) is 0 Å². The molecule has 1 aromatic heterocycles. The number of carbonyl (C=O) groups excluding carboxylic acids is 1. The van der Waals surface area contributed by atoms with Crippen molar-refractivity contribution in [2.75, 3.05) is 13.7 Å². The Bertz CT molecular complexity index is 711. The number of amides is 1. The molecule has 0 saturated carbocycles. The number of pyridine rings is 1. The number of methoxy groups -OCH3 is 1. The van der Waals surface area contributed by atoms with Crippen molar-refractivity contribution in [1.29, 1.82) is 0 Å². The average molecular weight is 376 g/mol. The molecule has 3 atom stereocenters. The molecule has 1 aliphatic heterocycles. The van der Waals surface area contributed by atoms with E-state index in [4.69, 9.17) is 4.74 Å². The molecule has 5 nitrogen and oxygen atoms in total. The van der Waals surface area contributed by atoms with Gasteiger partial charge in [0.05, 0.1) is 18.8 Å². The zero-order valence-corrected chi connectivity index (χ0v) is 16.0. The van der Waals surface area contributed by atoms with Gasteiger partial charge in [-0.1, -0.05) is 24.3 Å². The third kappa shape index (κ3) is 4.74. The smallest absolute Gasteiger partial charge is 0.224 e. The second kappa shape index (κ2) is 9.55. The molecule has 3 rings (SSSR count). The number of nitrogens with one attached hydrogen (secondary N) is 2. The highest BCUT2D eigenvalue weighted by molar-refractivity contribution is 5.85. The van der Waals surface area contributed by atoms with Crippen LogP contribution in [0.3, 0.4) is 0 Å². The molecule has 0 bridgehead atoms. The monoisotopic (exact) mass is 375 g/mol. The van der Waals surface area contributed by atoms with E-state index < -0.39 is 0 Å². The molecule has 26 heavy (non-hydrogen) atoms. The highest BCUT2D eigenvalue weighted by atomic mass is 35.5. The molecule has 140 valence electrons. The lowest BCUT2D eigenvalue weighted by molar-refractivity contribution is -0.126. The fraction of sp³-hybridized carbons (Fsp3) is 0.400. The summed E-state index contributed by atoms with van der Waals surface area (Å²) in [6.07, 6.45) is 3.46. The summed E-state index contributed by atoms with van der Waals surface area (Å²) in [5, 5.41) is 6.59. The van der Waals surface area contributed by atoms with Crippen LogP contribution in [0.1, 0.15) is 37.1 Å². The normalized spacial score (nSPS) is 20.5. The van der Waals surface area contributed by atoms with Gasteiger partial charge >= 0.3 is 0 Å². The first-order valence-electron chi connectivity index (χ1n) is 8.76. The summed E-state index contributed by atoms with van der Waals surface area (Å²) in [5.74, 6) is 0.851. The molecule has 1 fully saturated rings. The van der Waals surface area contributed by atoms with Gasteiger partial charge in [0.2, 0.25) is 5.91 Å². The van der Waals surface area contributed by atoms with Gasteiger partial charge in [0.25, 0.3) is 0 Å². The van der Waals surface area contributed by atoms with Gasteiger partial charge in [0.1, 0.15) is 5.75 Å². The maximum atomic E-state index is 12.9. The van der Waals surface area contributed by atoms with E-state index in [0.717, 1.165) is 36.4 Å². The molecule has 6 heteroatoms. The number of benzene rings is 1. The lowest BCUT2D eigenvalue weighted by atomic mass is 9.91. The Kier molecular flexibility index (Phi) is 7.42. The van der Waals surface area contributed by atoms with E-state index in [-0.39, 0.29) is 30.3 Å². The summed E-state index contributed by atoms with van der Waals surface area (Å²) in [6, 6.07) is 13.5. The molecule has 0 spiro atoms. The van der Waals surface area contributed by atoms with Gasteiger partial charge in [-0.3, -0.25) is 9.78 Å². The van der Waals surface area contributed by atoms with E-state index in [9.17, 15) is 4.79 Å². The van der Waals surface area contributed by atoms with Crippen LogP contribution in [0.2, 0.25) is 0 Å². The predicted molar refractivity (Wildman–Crippen MR) is 105 cm³/mol. The number of aromatic nitrogens is 1. The van der Waals surface area contributed by atoms with Crippen molar-refractivity contribution in [3.8, 4) is 5.75 Å². The minimum absolute atomic E-state index is 0. The molecule has 2 aromatic rings. The zero-order valence-electron chi connectivity index (χ0n) is 15.1. The van der Waals surface area contributed by atoms with Gasteiger partial charge in [-0.2, -0.15) is 0 Å². The minimum atomic E-state index is -0.324. The number of halogens is 1. The SMILES string of the molecule is COc1ccccc1C(NC(=O)[C@H]1CCN[C@@H](C)C1)c1ccccn1.Cl. The predicted octanol–water partition coefficient (Wildman–Crippen LogP) is 3.11. The number of para-hydroxylation sites is 1. The van der Waals surface area contributed by atoms with Crippen molar-refractivity contribution in [1.82, 2.24) is 15.6 Å². The molecular weight excluding hydrogens is 350 g/mol.